The number of pyridine rings is 1. The quantitative estimate of drug-likeness (QED) is 0.697. The van der Waals surface area contributed by atoms with E-state index in [0.717, 1.165) is 10.9 Å². The van der Waals surface area contributed by atoms with Crippen LogP contribution in [0.3, 0.4) is 0 Å². The summed E-state index contributed by atoms with van der Waals surface area (Å²) in [5, 5.41) is 2.14. The Bertz CT molecular complexity index is 442. The highest BCUT2D eigenvalue weighted by Crippen LogP contribution is 2.19. The average Bonchev–Trinajstić information content (AvgIpc) is 2.18. The molecule has 1 heterocycles. The van der Waals surface area contributed by atoms with E-state index in [4.69, 9.17) is 0 Å². The van der Waals surface area contributed by atoms with Gasteiger partial charge in [-0.25, -0.2) is 4.39 Å². The number of rotatable bonds is 1. The van der Waals surface area contributed by atoms with Gasteiger partial charge in [-0.3, -0.25) is 4.98 Å². The van der Waals surface area contributed by atoms with Crippen LogP contribution in [-0.4, -0.2) is 4.98 Å². The van der Waals surface area contributed by atoms with Crippen LogP contribution < -0.4 is 0 Å². The summed E-state index contributed by atoms with van der Waals surface area (Å²) in [6.07, 6.45) is 3.21. The molecule has 3 heteroatoms. The third-order valence-electron chi connectivity index (χ3n) is 1.92. The van der Waals surface area contributed by atoms with Gasteiger partial charge in [-0.1, -0.05) is 15.9 Å². The molecular formula is C10H7BrFN. The van der Waals surface area contributed by atoms with E-state index in [0.29, 0.717) is 10.7 Å². The molecule has 0 spiro atoms. The summed E-state index contributed by atoms with van der Waals surface area (Å²) in [6, 6.07) is 5.29. The predicted octanol–water partition coefficient (Wildman–Crippen LogP) is 3.27. The van der Waals surface area contributed by atoms with E-state index in [-0.39, 0.29) is 5.82 Å². The van der Waals surface area contributed by atoms with Crippen molar-refractivity contribution in [3.63, 3.8) is 0 Å². The second-order valence-electron chi connectivity index (χ2n) is 2.81. The lowest BCUT2D eigenvalue weighted by molar-refractivity contribution is 0.638. The summed E-state index contributed by atoms with van der Waals surface area (Å²) in [5.74, 6) is -0.208. The maximum atomic E-state index is 13.4. The normalized spacial score (nSPS) is 10.6. The second kappa shape index (κ2) is 3.42. The van der Waals surface area contributed by atoms with E-state index < -0.39 is 0 Å². The monoisotopic (exact) mass is 239 g/mol. The fourth-order valence-corrected chi connectivity index (χ4v) is 1.61. The number of aromatic nitrogens is 1. The number of halogens is 2. The van der Waals surface area contributed by atoms with Crippen LogP contribution in [0.15, 0.2) is 30.6 Å². The first-order chi connectivity index (χ1) is 6.31. The lowest BCUT2D eigenvalue weighted by Crippen LogP contribution is -1.85. The van der Waals surface area contributed by atoms with Gasteiger partial charge in [0.25, 0.3) is 0 Å². The van der Waals surface area contributed by atoms with Crippen molar-refractivity contribution < 1.29 is 4.39 Å². The molecule has 0 N–H and O–H groups in total. The van der Waals surface area contributed by atoms with Gasteiger partial charge in [-0.15, -0.1) is 0 Å². The highest BCUT2D eigenvalue weighted by atomic mass is 79.9. The predicted molar refractivity (Wildman–Crippen MR) is 54.3 cm³/mol. The van der Waals surface area contributed by atoms with Crippen molar-refractivity contribution in [2.45, 2.75) is 5.33 Å². The van der Waals surface area contributed by atoms with Gasteiger partial charge in [0.15, 0.2) is 0 Å². The molecule has 0 bridgehead atoms. The summed E-state index contributed by atoms with van der Waals surface area (Å²) in [5.41, 5.74) is 0.941. The molecule has 0 atom stereocenters. The molecule has 0 saturated carbocycles. The Balaban J connectivity index is 2.77. The number of hydrogen-bond acceptors (Lipinski definition) is 1. The van der Waals surface area contributed by atoms with Crippen LogP contribution in [0.4, 0.5) is 4.39 Å². The molecule has 0 aliphatic heterocycles. The molecule has 0 aliphatic rings. The molecule has 0 aliphatic carbocycles. The first-order valence-electron chi connectivity index (χ1n) is 3.89. The SMILES string of the molecule is Fc1cc(CBr)cc2ccncc12. The van der Waals surface area contributed by atoms with Crippen LogP contribution in [0.1, 0.15) is 5.56 Å². The zero-order valence-corrected chi connectivity index (χ0v) is 8.38. The topological polar surface area (TPSA) is 12.9 Å². The average molecular weight is 240 g/mol. The molecule has 0 amide bonds. The third-order valence-corrected chi connectivity index (χ3v) is 2.57. The molecular weight excluding hydrogens is 233 g/mol. The van der Waals surface area contributed by atoms with E-state index in [9.17, 15) is 4.39 Å². The van der Waals surface area contributed by atoms with E-state index in [1.54, 1.807) is 12.4 Å². The van der Waals surface area contributed by atoms with Crippen LogP contribution in [0.25, 0.3) is 10.8 Å². The largest absolute Gasteiger partial charge is 0.264 e. The fourth-order valence-electron chi connectivity index (χ4n) is 1.29. The number of nitrogens with zero attached hydrogens (tertiary/aromatic N) is 1. The van der Waals surface area contributed by atoms with Gasteiger partial charge in [0.1, 0.15) is 5.82 Å². The Morgan fingerprint density at radius 3 is 3.00 bits per heavy atom. The van der Waals surface area contributed by atoms with Gasteiger partial charge in [0.2, 0.25) is 0 Å². The summed E-state index contributed by atoms with van der Waals surface area (Å²) < 4.78 is 13.4. The van der Waals surface area contributed by atoms with Crippen molar-refractivity contribution in [1.82, 2.24) is 4.98 Å². The lowest BCUT2D eigenvalue weighted by Gasteiger charge is -2.01. The Kier molecular flexibility index (Phi) is 2.27. The molecule has 1 nitrogen and oxygen atoms in total. The molecule has 0 unspecified atom stereocenters. The van der Waals surface area contributed by atoms with Crippen LogP contribution in [0.2, 0.25) is 0 Å². The van der Waals surface area contributed by atoms with Gasteiger partial charge < -0.3 is 0 Å². The molecule has 1 aromatic carbocycles. The number of benzene rings is 1. The summed E-state index contributed by atoms with van der Waals surface area (Å²) >= 11 is 3.30. The highest BCUT2D eigenvalue weighted by molar-refractivity contribution is 9.08. The molecule has 13 heavy (non-hydrogen) atoms. The molecule has 2 rings (SSSR count). The zero-order valence-electron chi connectivity index (χ0n) is 6.80. The standard InChI is InChI=1S/C10H7BrFN/c11-5-7-3-8-1-2-13-6-9(8)10(12)4-7/h1-4,6H,5H2. The zero-order chi connectivity index (χ0) is 9.26. The van der Waals surface area contributed by atoms with Crippen molar-refractivity contribution in [2.75, 3.05) is 0 Å². The molecule has 0 saturated heterocycles. The first-order valence-corrected chi connectivity index (χ1v) is 5.01. The van der Waals surface area contributed by atoms with Crippen molar-refractivity contribution in [3.8, 4) is 0 Å². The van der Waals surface area contributed by atoms with E-state index in [1.807, 2.05) is 12.1 Å². The number of fused-ring (bicyclic) bond motifs is 1. The van der Waals surface area contributed by atoms with Crippen LogP contribution in [0.5, 0.6) is 0 Å². The first kappa shape index (κ1) is 8.63. The Hall–Kier alpha value is -0.960. The van der Waals surface area contributed by atoms with Gasteiger partial charge in [-0.2, -0.15) is 0 Å². The Morgan fingerprint density at radius 2 is 2.23 bits per heavy atom. The molecule has 0 radical (unpaired) electrons. The number of hydrogen-bond donors (Lipinski definition) is 0. The van der Waals surface area contributed by atoms with Crippen LogP contribution >= 0.6 is 15.9 Å². The summed E-state index contributed by atoms with van der Waals surface area (Å²) in [4.78, 5) is 3.88. The molecule has 1 aromatic heterocycles. The molecule has 2 aromatic rings. The van der Waals surface area contributed by atoms with Crippen molar-refractivity contribution in [3.05, 3.63) is 42.0 Å². The van der Waals surface area contributed by atoms with E-state index >= 15 is 0 Å². The minimum atomic E-state index is -0.208. The summed E-state index contributed by atoms with van der Waals surface area (Å²) in [7, 11) is 0. The fraction of sp³-hybridized carbons (Fsp3) is 0.100. The van der Waals surface area contributed by atoms with Gasteiger partial charge in [-0.05, 0) is 29.1 Å². The van der Waals surface area contributed by atoms with Gasteiger partial charge >= 0.3 is 0 Å². The van der Waals surface area contributed by atoms with Crippen LogP contribution in [0, 0.1) is 5.82 Å². The lowest BCUT2D eigenvalue weighted by atomic mass is 10.1. The maximum Gasteiger partial charge on any atom is 0.132 e. The number of alkyl halides is 1. The van der Waals surface area contributed by atoms with Crippen LogP contribution in [-0.2, 0) is 5.33 Å². The smallest absolute Gasteiger partial charge is 0.132 e. The van der Waals surface area contributed by atoms with Gasteiger partial charge in [0.05, 0.1) is 0 Å². The Morgan fingerprint density at radius 1 is 1.38 bits per heavy atom. The van der Waals surface area contributed by atoms with E-state index in [2.05, 4.69) is 20.9 Å². The van der Waals surface area contributed by atoms with E-state index in [1.165, 1.54) is 6.07 Å². The Labute approximate surface area is 83.7 Å². The highest BCUT2D eigenvalue weighted by Gasteiger charge is 2.02. The minimum absolute atomic E-state index is 0.208. The van der Waals surface area contributed by atoms with Gasteiger partial charge in [0, 0.05) is 23.1 Å². The maximum absolute atomic E-state index is 13.4. The summed E-state index contributed by atoms with van der Waals surface area (Å²) in [6.45, 7) is 0. The minimum Gasteiger partial charge on any atom is -0.264 e. The third kappa shape index (κ3) is 1.56. The second-order valence-corrected chi connectivity index (χ2v) is 3.37. The molecule has 66 valence electrons. The molecule has 0 fully saturated rings. The van der Waals surface area contributed by atoms with Crippen molar-refractivity contribution >= 4 is 26.7 Å². The van der Waals surface area contributed by atoms with Crippen molar-refractivity contribution in [1.29, 1.82) is 0 Å². The van der Waals surface area contributed by atoms with Crippen molar-refractivity contribution in [2.24, 2.45) is 0 Å².